The lowest BCUT2D eigenvalue weighted by atomic mass is 10.00. The zero-order chi connectivity index (χ0) is 15.9. The number of ether oxygens (including phenoxy) is 1. The third kappa shape index (κ3) is 6.95. The Bertz CT molecular complexity index is 502. The minimum absolute atomic E-state index is 0. The first-order chi connectivity index (χ1) is 10.5. The molecule has 0 aromatic heterocycles. The highest BCUT2D eigenvalue weighted by molar-refractivity contribution is 14.0. The van der Waals surface area contributed by atoms with Gasteiger partial charge in [-0.05, 0) is 43.4 Å². The number of likely N-dealkylation sites (tertiary alicyclic amines) is 1. The van der Waals surface area contributed by atoms with E-state index in [1.165, 1.54) is 0 Å². The second kappa shape index (κ2) is 9.97. The van der Waals surface area contributed by atoms with Gasteiger partial charge in [-0.1, -0.05) is 19.1 Å². The smallest absolute Gasteiger partial charge is 0.191 e. The molecule has 1 atom stereocenters. The summed E-state index contributed by atoms with van der Waals surface area (Å²) in [6.07, 6.45) is 1.65. The van der Waals surface area contributed by atoms with Crippen molar-refractivity contribution in [2.24, 2.45) is 16.6 Å². The number of piperidine rings is 1. The van der Waals surface area contributed by atoms with Crippen molar-refractivity contribution in [2.45, 2.75) is 32.8 Å². The van der Waals surface area contributed by atoms with E-state index in [0.717, 1.165) is 43.2 Å². The molecule has 0 amide bonds. The second-order valence-corrected chi connectivity index (χ2v) is 6.15. The average Bonchev–Trinajstić information content (AvgIpc) is 2.51. The van der Waals surface area contributed by atoms with Crippen LogP contribution in [-0.4, -0.2) is 48.3 Å². The molecular formula is C17H28IN3O2. The van der Waals surface area contributed by atoms with Gasteiger partial charge in [0.15, 0.2) is 5.96 Å². The number of aliphatic hydroxyl groups is 1. The van der Waals surface area contributed by atoms with E-state index in [4.69, 9.17) is 10.5 Å². The Morgan fingerprint density at radius 1 is 1.43 bits per heavy atom. The van der Waals surface area contributed by atoms with Crippen molar-refractivity contribution in [1.82, 2.24) is 4.90 Å². The lowest BCUT2D eigenvalue weighted by molar-refractivity contribution is 0.114. The van der Waals surface area contributed by atoms with Gasteiger partial charge in [-0.25, -0.2) is 0 Å². The number of nitrogens with two attached hydrogens (primary N) is 1. The molecule has 6 heteroatoms. The first kappa shape index (κ1) is 20.0. The standard InChI is InChI=1S/C17H27N3O2.HI/c1-13-6-8-20(9-7-13)17(18)19-11-15(21)12-22-16-5-3-4-14(2)10-16;/h3-5,10,13,15,21H,6-9,11-12H2,1-2H3,(H2,18,19);1H. The molecule has 130 valence electrons. The number of aliphatic hydroxyl groups excluding tert-OH is 1. The molecule has 2 rings (SSSR count). The third-order valence-corrected chi connectivity index (χ3v) is 4.00. The van der Waals surface area contributed by atoms with Gasteiger partial charge in [0.05, 0.1) is 6.54 Å². The lowest BCUT2D eigenvalue weighted by Gasteiger charge is -2.31. The van der Waals surface area contributed by atoms with Crippen molar-refractivity contribution >= 4 is 29.9 Å². The number of nitrogens with zero attached hydrogens (tertiary/aromatic N) is 2. The SMILES string of the molecule is Cc1cccc(OCC(O)CN=C(N)N2CCC(C)CC2)c1.I. The molecule has 1 aromatic carbocycles. The molecule has 1 saturated heterocycles. The predicted molar refractivity (Wildman–Crippen MR) is 105 cm³/mol. The van der Waals surface area contributed by atoms with Gasteiger partial charge in [-0.15, -0.1) is 24.0 Å². The molecule has 0 aliphatic carbocycles. The van der Waals surface area contributed by atoms with Gasteiger partial charge in [0, 0.05) is 13.1 Å². The van der Waals surface area contributed by atoms with Crippen LogP contribution in [0.4, 0.5) is 0 Å². The van der Waals surface area contributed by atoms with Crippen LogP contribution >= 0.6 is 24.0 Å². The number of aliphatic imine (C=N–C) groups is 1. The molecule has 23 heavy (non-hydrogen) atoms. The molecular weight excluding hydrogens is 405 g/mol. The average molecular weight is 433 g/mol. The largest absolute Gasteiger partial charge is 0.491 e. The van der Waals surface area contributed by atoms with Gasteiger partial charge in [0.2, 0.25) is 0 Å². The van der Waals surface area contributed by atoms with E-state index < -0.39 is 6.10 Å². The zero-order valence-corrected chi connectivity index (χ0v) is 16.3. The summed E-state index contributed by atoms with van der Waals surface area (Å²) in [5, 5.41) is 9.96. The third-order valence-electron chi connectivity index (χ3n) is 4.00. The molecule has 0 saturated carbocycles. The number of guanidine groups is 1. The Balaban J connectivity index is 0.00000264. The van der Waals surface area contributed by atoms with Crippen molar-refractivity contribution < 1.29 is 9.84 Å². The quantitative estimate of drug-likeness (QED) is 0.425. The van der Waals surface area contributed by atoms with Crippen molar-refractivity contribution in [3.63, 3.8) is 0 Å². The summed E-state index contributed by atoms with van der Waals surface area (Å²) in [5.74, 6) is 2.06. The van der Waals surface area contributed by atoms with Crippen LogP contribution in [0.15, 0.2) is 29.3 Å². The van der Waals surface area contributed by atoms with Gasteiger partial charge in [0.25, 0.3) is 0 Å². The van der Waals surface area contributed by atoms with E-state index in [1.807, 2.05) is 31.2 Å². The highest BCUT2D eigenvalue weighted by atomic mass is 127. The van der Waals surface area contributed by atoms with Gasteiger partial charge in [-0.3, -0.25) is 4.99 Å². The molecule has 1 heterocycles. The maximum absolute atomic E-state index is 9.96. The summed E-state index contributed by atoms with van der Waals surface area (Å²) in [6, 6.07) is 7.77. The van der Waals surface area contributed by atoms with E-state index in [2.05, 4.69) is 16.8 Å². The van der Waals surface area contributed by atoms with E-state index >= 15 is 0 Å². The Hall–Kier alpha value is -1.02. The minimum Gasteiger partial charge on any atom is -0.491 e. The van der Waals surface area contributed by atoms with Crippen molar-refractivity contribution in [3.05, 3.63) is 29.8 Å². The van der Waals surface area contributed by atoms with Crippen LogP contribution < -0.4 is 10.5 Å². The van der Waals surface area contributed by atoms with E-state index in [-0.39, 0.29) is 37.1 Å². The zero-order valence-electron chi connectivity index (χ0n) is 13.9. The van der Waals surface area contributed by atoms with Crippen molar-refractivity contribution in [2.75, 3.05) is 26.2 Å². The minimum atomic E-state index is -0.650. The number of aryl methyl sites for hydroxylation is 1. The van der Waals surface area contributed by atoms with E-state index in [1.54, 1.807) is 0 Å². The maximum Gasteiger partial charge on any atom is 0.191 e. The fourth-order valence-corrected chi connectivity index (χ4v) is 2.49. The summed E-state index contributed by atoms with van der Waals surface area (Å²) >= 11 is 0. The van der Waals surface area contributed by atoms with Crippen LogP contribution in [0.5, 0.6) is 5.75 Å². The normalized spacial score (nSPS) is 17.5. The molecule has 5 nitrogen and oxygen atoms in total. The fraction of sp³-hybridized carbons (Fsp3) is 0.588. The number of rotatable bonds is 5. The Morgan fingerprint density at radius 3 is 2.78 bits per heavy atom. The summed E-state index contributed by atoms with van der Waals surface area (Å²) in [6.45, 7) is 6.66. The summed E-state index contributed by atoms with van der Waals surface area (Å²) in [7, 11) is 0. The van der Waals surface area contributed by atoms with Crippen LogP contribution in [-0.2, 0) is 0 Å². The summed E-state index contributed by atoms with van der Waals surface area (Å²) in [5.41, 5.74) is 7.13. The first-order valence-corrected chi connectivity index (χ1v) is 7.97. The molecule has 1 aromatic rings. The number of benzene rings is 1. The highest BCUT2D eigenvalue weighted by Crippen LogP contribution is 2.15. The molecule has 1 fully saturated rings. The van der Waals surface area contributed by atoms with Gasteiger partial charge in [-0.2, -0.15) is 0 Å². The van der Waals surface area contributed by atoms with Crippen LogP contribution in [0.25, 0.3) is 0 Å². The molecule has 0 radical (unpaired) electrons. The molecule has 0 spiro atoms. The highest BCUT2D eigenvalue weighted by Gasteiger charge is 2.17. The molecule has 1 aliphatic heterocycles. The molecule has 3 N–H and O–H groups in total. The van der Waals surface area contributed by atoms with Crippen LogP contribution in [0.3, 0.4) is 0 Å². The van der Waals surface area contributed by atoms with Crippen molar-refractivity contribution in [3.8, 4) is 5.75 Å². The maximum atomic E-state index is 9.96. The second-order valence-electron chi connectivity index (χ2n) is 6.15. The topological polar surface area (TPSA) is 71.1 Å². The van der Waals surface area contributed by atoms with Crippen LogP contribution in [0, 0.1) is 12.8 Å². The van der Waals surface area contributed by atoms with Crippen LogP contribution in [0.2, 0.25) is 0 Å². The summed E-state index contributed by atoms with van der Waals surface area (Å²) < 4.78 is 5.57. The van der Waals surface area contributed by atoms with E-state index in [0.29, 0.717) is 5.96 Å². The molecule has 1 aliphatic rings. The lowest BCUT2D eigenvalue weighted by Crippen LogP contribution is -2.43. The monoisotopic (exact) mass is 433 g/mol. The van der Waals surface area contributed by atoms with Crippen LogP contribution in [0.1, 0.15) is 25.3 Å². The molecule has 1 unspecified atom stereocenters. The Morgan fingerprint density at radius 2 is 2.13 bits per heavy atom. The number of hydrogen-bond acceptors (Lipinski definition) is 3. The van der Waals surface area contributed by atoms with Crippen molar-refractivity contribution in [1.29, 1.82) is 0 Å². The predicted octanol–water partition coefficient (Wildman–Crippen LogP) is 2.40. The first-order valence-electron chi connectivity index (χ1n) is 7.97. The number of hydrogen-bond donors (Lipinski definition) is 2. The Kier molecular flexibility index (Phi) is 8.68. The van der Waals surface area contributed by atoms with Gasteiger partial charge >= 0.3 is 0 Å². The Labute approximate surface area is 155 Å². The molecule has 0 bridgehead atoms. The van der Waals surface area contributed by atoms with Gasteiger partial charge in [0.1, 0.15) is 18.5 Å². The fourth-order valence-electron chi connectivity index (χ4n) is 2.49. The summed E-state index contributed by atoms with van der Waals surface area (Å²) in [4.78, 5) is 6.38. The van der Waals surface area contributed by atoms with E-state index in [9.17, 15) is 5.11 Å². The van der Waals surface area contributed by atoms with Gasteiger partial charge < -0.3 is 20.5 Å². The number of halogens is 1.